The molecule has 1 aliphatic carbocycles. The first-order chi connectivity index (χ1) is 7.36. The molecule has 15 heavy (non-hydrogen) atoms. The lowest BCUT2D eigenvalue weighted by Crippen LogP contribution is -2.33. The van der Waals surface area contributed by atoms with E-state index >= 15 is 0 Å². The average molecular weight is 201 g/mol. The summed E-state index contributed by atoms with van der Waals surface area (Å²) >= 11 is 0. The van der Waals surface area contributed by atoms with Crippen molar-refractivity contribution in [2.75, 3.05) is 6.54 Å². The predicted octanol–water partition coefficient (Wildman–Crippen LogP) is 1.79. The molecule has 1 N–H and O–H groups in total. The second-order valence-corrected chi connectivity index (χ2v) is 4.53. The molecule has 0 aromatic heterocycles. The molecule has 1 saturated heterocycles. The van der Waals surface area contributed by atoms with Gasteiger partial charge < -0.3 is 5.32 Å². The van der Waals surface area contributed by atoms with Crippen molar-refractivity contribution in [2.45, 2.75) is 25.3 Å². The van der Waals surface area contributed by atoms with Gasteiger partial charge in [-0.3, -0.25) is 4.79 Å². The van der Waals surface area contributed by atoms with Crippen LogP contribution in [-0.4, -0.2) is 18.4 Å². The zero-order chi connectivity index (χ0) is 10.3. The van der Waals surface area contributed by atoms with Crippen molar-refractivity contribution in [3.05, 3.63) is 35.4 Å². The maximum atomic E-state index is 12.1. The van der Waals surface area contributed by atoms with Crippen LogP contribution in [0.3, 0.4) is 0 Å². The number of fused-ring (bicyclic) bond motifs is 1. The minimum absolute atomic E-state index is 0.199. The van der Waals surface area contributed by atoms with E-state index in [2.05, 4.69) is 11.4 Å². The second kappa shape index (κ2) is 3.46. The van der Waals surface area contributed by atoms with Gasteiger partial charge in [0.05, 0.1) is 0 Å². The lowest BCUT2D eigenvalue weighted by Gasteiger charge is -2.16. The minimum atomic E-state index is 0.199. The van der Waals surface area contributed by atoms with Crippen LogP contribution in [0, 0.1) is 5.92 Å². The van der Waals surface area contributed by atoms with Gasteiger partial charge in [0.1, 0.15) is 0 Å². The zero-order valence-electron chi connectivity index (χ0n) is 8.70. The van der Waals surface area contributed by atoms with E-state index in [-0.39, 0.29) is 5.92 Å². The molecule has 0 radical (unpaired) electrons. The van der Waals surface area contributed by atoms with Gasteiger partial charge in [0.15, 0.2) is 5.78 Å². The van der Waals surface area contributed by atoms with Gasteiger partial charge >= 0.3 is 0 Å². The molecule has 0 saturated carbocycles. The Balaban J connectivity index is 1.89. The van der Waals surface area contributed by atoms with Gasteiger partial charge in [-0.1, -0.05) is 24.3 Å². The number of hydrogen-bond donors (Lipinski definition) is 1. The average Bonchev–Trinajstić information content (AvgIpc) is 2.87. The minimum Gasteiger partial charge on any atom is -0.313 e. The lowest BCUT2D eigenvalue weighted by atomic mass is 9.94. The topological polar surface area (TPSA) is 29.1 Å². The summed E-state index contributed by atoms with van der Waals surface area (Å²) in [5.41, 5.74) is 2.19. The third-order valence-corrected chi connectivity index (χ3v) is 3.64. The van der Waals surface area contributed by atoms with Crippen LogP contribution >= 0.6 is 0 Å². The summed E-state index contributed by atoms with van der Waals surface area (Å²) < 4.78 is 0. The van der Waals surface area contributed by atoms with Gasteiger partial charge in [0.25, 0.3) is 0 Å². The molecule has 78 valence electrons. The van der Waals surface area contributed by atoms with Crippen molar-refractivity contribution in [2.24, 2.45) is 5.92 Å². The van der Waals surface area contributed by atoms with E-state index < -0.39 is 0 Å². The Kier molecular flexibility index (Phi) is 2.10. The monoisotopic (exact) mass is 201 g/mol. The fraction of sp³-hybridized carbons (Fsp3) is 0.462. The fourth-order valence-corrected chi connectivity index (χ4v) is 2.85. The Morgan fingerprint density at radius 1 is 1.27 bits per heavy atom. The summed E-state index contributed by atoms with van der Waals surface area (Å²) in [6, 6.07) is 8.46. The molecule has 1 aromatic carbocycles. The molecule has 1 aromatic rings. The van der Waals surface area contributed by atoms with Gasteiger partial charge in [-0.25, -0.2) is 0 Å². The summed E-state index contributed by atoms with van der Waals surface area (Å²) in [6.45, 7) is 1.07. The zero-order valence-corrected chi connectivity index (χ0v) is 8.70. The number of benzene rings is 1. The van der Waals surface area contributed by atoms with Crippen LogP contribution in [0.15, 0.2) is 24.3 Å². The largest absolute Gasteiger partial charge is 0.313 e. The first-order valence-corrected chi connectivity index (χ1v) is 5.72. The molecule has 0 amide bonds. The van der Waals surface area contributed by atoms with Crippen LogP contribution in [-0.2, 0) is 6.42 Å². The van der Waals surface area contributed by atoms with Gasteiger partial charge in [0.2, 0.25) is 0 Å². The molecule has 0 spiro atoms. The molecule has 2 nitrogen and oxygen atoms in total. The summed E-state index contributed by atoms with van der Waals surface area (Å²) in [5, 5.41) is 3.44. The van der Waals surface area contributed by atoms with Crippen molar-refractivity contribution in [1.82, 2.24) is 5.32 Å². The van der Waals surface area contributed by atoms with E-state index in [1.807, 2.05) is 18.2 Å². The van der Waals surface area contributed by atoms with Gasteiger partial charge in [-0.15, -0.1) is 0 Å². The van der Waals surface area contributed by atoms with Gasteiger partial charge in [-0.2, -0.15) is 0 Å². The van der Waals surface area contributed by atoms with E-state index in [4.69, 9.17) is 0 Å². The summed E-state index contributed by atoms with van der Waals surface area (Å²) in [7, 11) is 0. The number of Topliss-reactive ketones (excluding diaryl/α,β-unsaturated/α-hetero) is 1. The number of carbonyl (C=O) groups excluding carboxylic acids is 1. The number of nitrogens with one attached hydrogen (secondary N) is 1. The summed E-state index contributed by atoms with van der Waals surface area (Å²) in [6.07, 6.45) is 3.31. The predicted molar refractivity (Wildman–Crippen MR) is 59.0 cm³/mol. The molecule has 2 heteroatoms. The first kappa shape index (κ1) is 9.10. The molecular weight excluding hydrogens is 186 g/mol. The normalized spacial score (nSPS) is 29.5. The molecule has 0 unspecified atom stereocenters. The molecule has 2 aliphatic rings. The number of ketones is 1. The Labute approximate surface area is 89.7 Å². The SMILES string of the molecule is O=C1c2ccccc2C[C@@H]1[C@H]1CCCN1. The maximum absolute atomic E-state index is 12.1. The first-order valence-electron chi connectivity index (χ1n) is 5.72. The molecule has 3 rings (SSSR count). The van der Waals surface area contributed by atoms with E-state index in [1.54, 1.807) is 0 Å². The number of hydrogen-bond acceptors (Lipinski definition) is 2. The highest BCUT2D eigenvalue weighted by Gasteiger charge is 2.36. The summed E-state index contributed by atoms with van der Waals surface area (Å²) in [4.78, 5) is 12.1. The van der Waals surface area contributed by atoms with Crippen molar-refractivity contribution < 1.29 is 4.79 Å². The molecule has 2 atom stereocenters. The molecule has 0 bridgehead atoms. The van der Waals surface area contributed by atoms with Crippen LogP contribution < -0.4 is 5.32 Å². The smallest absolute Gasteiger partial charge is 0.168 e. The Morgan fingerprint density at radius 2 is 2.13 bits per heavy atom. The van der Waals surface area contributed by atoms with Crippen LogP contribution in [0.2, 0.25) is 0 Å². The Morgan fingerprint density at radius 3 is 2.87 bits per heavy atom. The maximum Gasteiger partial charge on any atom is 0.168 e. The number of carbonyl (C=O) groups is 1. The van der Waals surface area contributed by atoms with Crippen molar-refractivity contribution in [3.63, 3.8) is 0 Å². The molecule has 1 fully saturated rings. The number of rotatable bonds is 1. The third kappa shape index (κ3) is 1.40. The molecule has 1 aliphatic heterocycles. The highest BCUT2D eigenvalue weighted by molar-refractivity contribution is 6.02. The van der Waals surface area contributed by atoms with Crippen molar-refractivity contribution >= 4 is 5.78 Å². The lowest BCUT2D eigenvalue weighted by molar-refractivity contribution is 0.0914. The fourth-order valence-electron chi connectivity index (χ4n) is 2.85. The van der Waals surface area contributed by atoms with Crippen LogP contribution in [0.4, 0.5) is 0 Å². The van der Waals surface area contributed by atoms with Crippen molar-refractivity contribution in [3.8, 4) is 0 Å². The van der Waals surface area contributed by atoms with Crippen LogP contribution in [0.5, 0.6) is 0 Å². The van der Waals surface area contributed by atoms with Gasteiger partial charge in [-0.05, 0) is 31.4 Å². The third-order valence-electron chi connectivity index (χ3n) is 3.64. The molecular formula is C13H15NO. The van der Waals surface area contributed by atoms with Crippen LogP contribution in [0.25, 0.3) is 0 Å². The Hall–Kier alpha value is -1.15. The second-order valence-electron chi connectivity index (χ2n) is 4.53. The van der Waals surface area contributed by atoms with Crippen molar-refractivity contribution in [1.29, 1.82) is 0 Å². The standard InChI is InChI=1S/C13H15NO/c15-13-10-5-2-1-4-9(10)8-11(13)12-6-3-7-14-12/h1-2,4-5,11-12,14H,3,6-8H2/t11-,12-/m1/s1. The van der Waals surface area contributed by atoms with E-state index in [0.29, 0.717) is 11.8 Å². The van der Waals surface area contributed by atoms with E-state index in [0.717, 1.165) is 24.9 Å². The van der Waals surface area contributed by atoms with Crippen LogP contribution in [0.1, 0.15) is 28.8 Å². The Bertz CT molecular complexity index is 393. The van der Waals surface area contributed by atoms with E-state index in [1.165, 1.54) is 12.0 Å². The molecule has 1 heterocycles. The van der Waals surface area contributed by atoms with E-state index in [9.17, 15) is 4.79 Å². The highest BCUT2D eigenvalue weighted by atomic mass is 16.1. The van der Waals surface area contributed by atoms with Gasteiger partial charge in [0, 0.05) is 17.5 Å². The summed E-state index contributed by atoms with van der Waals surface area (Å²) in [5.74, 6) is 0.551. The quantitative estimate of drug-likeness (QED) is 0.750. The highest BCUT2D eigenvalue weighted by Crippen LogP contribution is 2.31.